The number of hydrogen-bond donors (Lipinski definition) is 5. The molecule has 2 rings (SSSR count). The van der Waals surface area contributed by atoms with Gasteiger partial charge in [-0.25, -0.2) is 0 Å². The van der Waals surface area contributed by atoms with Crippen LogP contribution < -0.4 is 60.8 Å². The summed E-state index contributed by atoms with van der Waals surface area (Å²) in [6, 6.07) is 0. The normalized spacial score (nSPS) is 10.3. The molecular weight excluding hydrogens is 1270 g/mol. The molecule has 232 valence electrons. The van der Waals surface area contributed by atoms with Gasteiger partial charge >= 0.3 is 29.6 Å². The van der Waals surface area contributed by atoms with Crippen molar-refractivity contribution in [3.63, 3.8) is 0 Å². The number of aliphatic hydroxyl groups excluding tert-OH is 1. The van der Waals surface area contributed by atoms with Gasteiger partial charge in [0, 0.05) is 43.8 Å². The number of benzene rings is 2. The summed E-state index contributed by atoms with van der Waals surface area (Å²) in [5.74, 6) is -4.46. The molecule has 0 saturated carbocycles. The van der Waals surface area contributed by atoms with Crippen LogP contribution in [0.25, 0.3) is 0 Å². The molecule has 0 aromatic heterocycles. The molecule has 0 saturated heterocycles. The Morgan fingerprint density at radius 1 is 0.750 bits per heavy atom. The largest absolute Gasteiger partial charge is 1.00 e. The quantitative estimate of drug-likeness (QED) is 0.149. The first-order chi connectivity index (χ1) is 20.0. The van der Waals surface area contributed by atoms with Gasteiger partial charge in [0.05, 0.1) is 57.9 Å². The van der Waals surface area contributed by atoms with Crippen LogP contribution in [0.5, 0.6) is 0 Å². The van der Waals surface area contributed by atoms with E-state index in [4.69, 9.17) is 5.11 Å². The Kier molecular flexibility index (Phi) is 18.4. The molecule has 0 atom stereocenters. The predicted molar refractivity (Wildman–Crippen MR) is 206 cm³/mol. The molecule has 2 aromatic rings. The van der Waals surface area contributed by atoms with Crippen molar-refractivity contribution in [2.24, 2.45) is 0 Å². The van der Waals surface area contributed by atoms with Gasteiger partial charge in [0.15, 0.2) is 0 Å². The first-order valence-electron chi connectivity index (χ1n) is 11.6. The maximum atomic E-state index is 13.4. The van der Waals surface area contributed by atoms with Crippen LogP contribution in [0.3, 0.4) is 0 Å². The molecule has 0 heterocycles. The minimum atomic E-state index is -1.56. The fourth-order valence-corrected chi connectivity index (χ4v) is 12.7. The van der Waals surface area contributed by atoms with E-state index in [-0.39, 0.29) is 87.3 Å². The van der Waals surface area contributed by atoms with E-state index in [1.807, 2.05) is 67.8 Å². The summed E-state index contributed by atoms with van der Waals surface area (Å²) in [6.07, 6.45) is 0. The first kappa shape index (κ1) is 42.6. The second-order valence-electron chi connectivity index (χ2n) is 8.26. The van der Waals surface area contributed by atoms with Gasteiger partial charge in [0.1, 0.15) is 0 Å². The number of carbonyl (C=O) groups excluding carboxylic acids is 6. The molecule has 13 nitrogen and oxygen atoms in total. The zero-order valence-electron chi connectivity index (χ0n) is 23.1. The van der Waals surface area contributed by atoms with E-state index < -0.39 is 36.1 Å². The predicted octanol–water partition coefficient (Wildman–Crippen LogP) is -0.885. The fourth-order valence-electron chi connectivity index (χ4n) is 3.47. The second kappa shape index (κ2) is 19.0. The zero-order valence-corrected chi connectivity index (χ0v) is 38.1. The van der Waals surface area contributed by atoms with Gasteiger partial charge in [0.25, 0.3) is 17.7 Å². The minimum absolute atomic E-state index is 0. The fraction of sp³-hybridized carbons (Fsp3) is 0.250. The first-order valence-corrected chi connectivity index (χ1v) is 18.1. The third-order valence-corrected chi connectivity index (χ3v) is 12.0. The van der Waals surface area contributed by atoms with E-state index in [1.165, 1.54) is 25.9 Å². The average molecular weight is 1290 g/mol. The smallest absolute Gasteiger partial charge is 0.545 e. The number of carboxylic acids is 1. The van der Waals surface area contributed by atoms with Crippen molar-refractivity contribution in [3.8, 4) is 0 Å². The van der Waals surface area contributed by atoms with Gasteiger partial charge in [0.2, 0.25) is 11.8 Å². The van der Waals surface area contributed by atoms with Crippen LogP contribution in [0.4, 0.5) is 11.4 Å². The summed E-state index contributed by atoms with van der Waals surface area (Å²) in [4.78, 5) is 77.4. The Balaban J connectivity index is 0.00000968. The number of rotatable bonds is 10. The van der Waals surface area contributed by atoms with Crippen molar-refractivity contribution in [2.75, 3.05) is 44.0 Å². The zero-order chi connectivity index (χ0) is 32.9. The number of carboxylic acid groups (broad SMARTS) is 1. The van der Waals surface area contributed by atoms with Crippen LogP contribution in [0.1, 0.15) is 48.4 Å². The minimum Gasteiger partial charge on any atom is -0.545 e. The number of halogens is 6. The van der Waals surface area contributed by atoms with E-state index in [9.17, 15) is 33.9 Å². The molecule has 44 heavy (non-hydrogen) atoms. The number of hydrogen-bond acceptors (Lipinski definition) is 8. The van der Waals surface area contributed by atoms with Crippen LogP contribution >= 0.6 is 136 Å². The van der Waals surface area contributed by atoms with Crippen molar-refractivity contribution in [2.45, 2.75) is 6.92 Å². The molecule has 20 heteroatoms. The molecule has 0 unspecified atom stereocenters. The molecule has 5 N–H and O–H groups in total. The molecule has 0 aliphatic carbocycles. The number of nitrogens with zero attached hydrogens (tertiary/aromatic N) is 1. The van der Waals surface area contributed by atoms with Gasteiger partial charge in [-0.1, -0.05) is 0 Å². The number of nitrogens with one attached hydrogen (secondary N) is 4. The summed E-state index contributed by atoms with van der Waals surface area (Å²) in [5, 5.41) is 31.1. The summed E-state index contributed by atoms with van der Waals surface area (Å²) >= 11 is 11.0. The Hall–Kier alpha value is 0.600. The van der Waals surface area contributed by atoms with Crippen molar-refractivity contribution in [1.29, 1.82) is 0 Å². The Morgan fingerprint density at radius 2 is 1.20 bits per heavy atom. The third kappa shape index (κ3) is 9.61. The van der Waals surface area contributed by atoms with E-state index >= 15 is 0 Å². The van der Waals surface area contributed by atoms with Crippen molar-refractivity contribution in [1.82, 2.24) is 16.0 Å². The van der Waals surface area contributed by atoms with Gasteiger partial charge in [-0.2, -0.15) is 0 Å². The van der Waals surface area contributed by atoms with Crippen molar-refractivity contribution < 1.29 is 68.5 Å². The molecule has 2 aromatic carbocycles. The van der Waals surface area contributed by atoms with E-state index in [1.54, 1.807) is 67.8 Å². The molecule has 0 aliphatic rings. The molecule has 0 spiro atoms. The second-order valence-corrected chi connectivity index (χ2v) is 14.7. The van der Waals surface area contributed by atoms with Crippen LogP contribution in [0, 0.1) is 21.4 Å². The van der Waals surface area contributed by atoms with E-state index in [0.29, 0.717) is 16.4 Å². The topological polar surface area (TPSA) is 197 Å². The van der Waals surface area contributed by atoms with Gasteiger partial charge in [-0.15, -0.1) is 0 Å². The Labute approximate surface area is 355 Å². The monoisotopic (exact) mass is 1290 g/mol. The van der Waals surface area contributed by atoms with Crippen molar-refractivity contribution >= 4 is 182 Å². The molecule has 0 aliphatic heterocycles. The van der Waals surface area contributed by atoms with Gasteiger partial charge in [-0.05, 0) is 136 Å². The molecule has 5 amide bonds. The molecule has 0 fully saturated rings. The standard InChI is InChI=1S/C24H21I6N5O8.Na/c1-7(37)35(3)20-17(29)10(21(39)31-2)13(25)11(18(20)30)23(41)33-6-8(38)34-19-15(27)9(22(40)32-4-5-36)14(26)12(16(19)28)24(42)43;/h36H,4-6H2,1-3H3,(H,31,39)(H,32,40)(H,33,41)(H,34,38)(H,42,43);/q;+1/p-1. The number of carbonyl (C=O) groups is 6. The maximum Gasteiger partial charge on any atom is 1.00 e. The molecular formula is C24H20I6N5NaO8. The van der Waals surface area contributed by atoms with Gasteiger partial charge in [-0.3, -0.25) is 24.0 Å². The Bertz CT molecular complexity index is 1560. The van der Waals surface area contributed by atoms with Gasteiger partial charge < -0.3 is 41.2 Å². The number of amides is 5. The van der Waals surface area contributed by atoms with E-state index in [2.05, 4.69) is 21.3 Å². The summed E-state index contributed by atoms with van der Waals surface area (Å²) in [6.45, 7) is 0.367. The van der Waals surface area contributed by atoms with Crippen LogP contribution in [0.2, 0.25) is 0 Å². The number of aliphatic hydroxyl groups is 1. The summed E-state index contributed by atoms with van der Waals surface area (Å²) < 4.78 is 1.59. The van der Waals surface area contributed by atoms with E-state index in [0.717, 1.165) is 0 Å². The third-order valence-electron chi connectivity index (χ3n) is 5.60. The van der Waals surface area contributed by atoms with Crippen molar-refractivity contribution in [3.05, 3.63) is 43.7 Å². The average Bonchev–Trinajstić information content (AvgIpc) is 2.92. The molecule has 0 bridgehead atoms. The Morgan fingerprint density at radius 3 is 1.68 bits per heavy atom. The number of aromatic carboxylic acids is 1. The van der Waals surface area contributed by atoms with Crippen LogP contribution in [-0.2, 0) is 9.59 Å². The molecule has 0 radical (unpaired) electrons. The maximum absolute atomic E-state index is 13.4. The summed E-state index contributed by atoms with van der Waals surface area (Å²) in [7, 11) is 2.95. The SMILES string of the molecule is CNC(=O)c1c(I)c(C(=O)NCC(=O)Nc2c(I)c(C(=O)[O-])c(I)c(C(=O)NCCO)c2I)c(I)c(N(C)C(C)=O)c1I.[Na+]. The number of anilines is 2. The van der Waals surface area contributed by atoms with Crippen LogP contribution in [-0.4, -0.2) is 74.4 Å². The van der Waals surface area contributed by atoms with Crippen LogP contribution in [0.15, 0.2) is 0 Å². The summed E-state index contributed by atoms with van der Waals surface area (Å²) in [5.41, 5.74) is 0.317.